The highest BCUT2D eigenvalue weighted by Gasteiger charge is 2.18. The van der Waals surface area contributed by atoms with Crippen molar-refractivity contribution in [2.75, 3.05) is 19.4 Å². The summed E-state index contributed by atoms with van der Waals surface area (Å²) in [6.07, 6.45) is 0. The van der Waals surface area contributed by atoms with Crippen LogP contribution in [0.1, 0.15) is 22.8 Å². The highest BCUT2D eigenvalue weighted by atomic mass is 16.4. The molecule has 0 aliphatic rings. The maximum absolute atomic E-state index is 11.8. The first kappa shape index (κ1) is 16.5. The van der Waals surface area contributed by atoms with E-state index in [2.05, 4.69) is 10.6 Å². The Kier molecular flexibility index (Phi) is 5.29. The first-order valence-electron chi connectivity index (χ1n) is 6.35. The number of carbonyl (C=O) groups excluding carboxylic acids is 2. The molecule has 0 aliphatic heterocycles. The third-order valence-electron chi connectivity index (χ3n) is 2.81. The lowest BCUT2D eigenvalue weighted by Gasteiger charge is -2.18. The van der Waals surface area contributed by atoms with E-state index >= 15 is 0 Å². The van der Waals surface area contributed by atoms with E-state index in [1.54, 1.807) is 34.0 Å². The predicted molar refractivity (Wildman–Crippen MR) is 78.4 cm³/mol. The molecule has 1 atom stereocenters. The van der Waals surface area contributed by atoms with Crippen molar-refractivity contribution in [3.63, 3.8) is 0 Å². The highest BCUT2D eigenvalue weighted by molar-refractivity contribution is 6.01. The highest BCUT2D eigenvalue weighted by Crippen LogP contribution is 2.17. The van der Waals surface area contributed by atoms with Crippen LogP contribution in [0.3, 0.4) is 0 Å². The van der Waals surface area contributed by atoms with Gasteiger partial charge in [-0.2, -0.15) is 0 Å². The number of benzene rings is 1. The number of nitrogens with one attached hydrogen (secondary N) is 2. The van der Waals surface area contributed by atoms with Crippen LogP contribution < -0.4 is 10.6 Å². The fraction of sp³-hybridized carbons (Fsp3) is 0.357. The quantitative estimate of drug-likeness (QED) is 0.779. The summed E-state index contributed by atoms with van der Waals surface area (Å²) in [5.74, 6) is -1.39. The molecule has 0 heterocycles. The van der Waals surface area contributed by atoms with E-state index in [0.29, 0.717) is 0 Å². The van der Waals surface area contributed by atoms with Crippen LogP contribution in [0.2, 0.25) is 0 Å². The number of carbonyl (C=O) groups is 3. The van der Waals surface area contributed by atoms with Crippen molar-refractivity contribution >= 4 is 23.6 Å². The molecule has 21 heavy (non-hydrogen) atoms. The Hall–Kier alpha value is -2.57. The summed E-state index contributed by atoms with van der Waals surface area (Å²) in [6, 6.07) is 3.32. The Morgan fingerprint density at radius 2 is 1.86 bits per heavy atom. The SMILES string of the molecule is Cc1ccc(NC(=O)NC(C)C(=O)N(C)C)c(C(=O)O)c1. The summed E-state index contributed by atoms with van der Waals surface area (Å²) in [7, 11) is 3.17. The summed E-state index contributed by atoms with van der Waals surface area (Å²) in [4.78, 5) is 36.0. The van der Waals surface area contributed by atoms with E-state index in [0.717, 1.165) is 5.56 Å². The van der Waals surface area contributed by atoms with Gasteiger partial charge in [-0.1, -0.05) is 11.6 Å². The standard InChI is InChI=1S/C14H19N3O4/c1-8-5-6-11(10(7-8)13(19)20)16-14(21)15-9(2)12(18)17(3)4/h5-7,9H,1-4H3,(H,19,20)(H2,15,16,21). The molecule has 3 N–H and O–H groups in total. The number of aromatic carboxylic acids is 1. The summed E-state index contributed by atoms with van der Waals surface area (Å²) >= 11 is 0. The molecule has 7 heteroatoms. The Labute approximate surface area is 122 Å². The number of hydrogen-bond donors (Lipinski definition) is 3. The average molecular weight is 293 g/mol. The normalized spacial score (nSPS) is 11.4. The molecule has 0 fully saturated rings. The molecule has 7 nitrogen and oxygen atoms in total. The predicted octanol–water partition coefficient (Wildman–Crippen LogP) is 1.29. The zero-order valence-corrected chi connectivity index (χ0v) is 12.4. The Morgan fingerprint density at radius 3 is 2.38 bits per heavy atom. The van der Waals surface area contributed by atoms with Crippen LogP contribution in [0.5, 0.6) is 0 Å². The molecular formula is C14H19N3O4. The first-order chi connectivity index (χ1) is 9.72. The van der Waals surface area contributed by atoms with E-state index in [1.165, 1.54) is 17.0 Å². The molecule has 0 bridgehead atoms. The zero-order valence-electron chi connectivity index (χ0n) is 12.4. The number of hydrogen-bond acceptors (Lipinski definition) is 3. The van der Waals surface area contributed by atoms with Crippen LogP contribution >= 0.6 is 0 Å². The van der Waals surface area contributed by atoms with E-state index in [1.807, 2.05) is 0 Å². The maximum atomic E-state index is 11.8. The molecule has 0 radical (unpaired) electrons. The molecular weight excluding hydrogens is 274 g/mol. The average Bonchev–Trinajstić information content (AvgIpc) is 2.39. The van der Waals surface area contributed by atoms with Crippen molar-refractivity contribution in [3.8, 4) is 0 Å². The van der Waals surface area contributed by atoms with Crippen molar-refractivity contribution < 1.29 is 19.5 Å². The first-order valence-corrected chi connectivity index (χ1v) is 6.35. The minimum absolute atomic E-state index is 0.00302. The number of nitrogens with zero attached hydrogens (tertiary/aromatic N) is 1. The third kappa shape index (κ3) is 4.48. The van der Waals surface area contributed by atoms with Crippen molar-refractivity contribution in [1.82, 2.24) is 10.2 Å². The number of aryl methyl sites for hydroxylation is 1. The molecule has 0 aromatic heterocycles. The fourth-order valence-corrected chi connectivity index (χ4v) is 1.75. The number of urea groups is 1. The molecule has 0 saturated carbocycles. The van der Waals surface area contributed by atoms with E-state index in [-0.39, 0.29) is 17.2 Å². The van der Waals surface area contributed by atoms with Crippen molar-refractivity contribution in [3.05, 3.63) is 29.3 Å². The van der Waals surface area contributed by atoms with Gasteiger partial charge in [0.25, 0.3) is 0 Å². The molecule has 3 amide bonds. The number of carboxylic acids is 1. The third-order valence-corrected chi connectivity index (χ3v) is 2.81. The largest absolute Gasteiger partial charge is 0.478 e. The van der Waals surface area contributed by atoms with Crippen LogP contribution in [0, 0.1) is 6.92 Å². The monoisotopic (exact) mass is 293 g/mol. The second kappa shape index (κ2) is 6.74. The topological polar surface area (TPSA) is 98.7 Å². The maximum Gasteiger partial charge on any atom is 0.337 e. The van der Waals surface area contributed by atoms with E-state index in [4.69, 9.17) is 5.11 Å². The molecule has 0 aliphatic carbocycles. The van der Waals surface area contributed by atoms with Crippen LogP contribution in [0.4, 0.5) is 10.5 Å². The van der Waals surface area contributed by atoms with Crippen LogP contribution in [0.15, 0.2) is 18.2 Å². The summed E-state index contributed by atoms with van der Waals surface area (Å²) < 4.78 is 0. The number of anilines is 1. The lowest BCUT2D eigenvalue weighted by atomic mass is 10.1. The van der Waals surface area contributed by atoms with Gasteiger partial charge in [0.2, 0.25) is 5.91 Å². The lowest BCUT2D eigenvalue weighted by Crippen LogP contribution is -2.45. The molecule has 1 unspecified atom stereocenters. The van der Waals surface area contributed by atoms with Crippen LogP contribution in [-0.2, 0) is 4.79 Å². The van der Waals surface area contributed by atoms with Gasteiger partial charge >= 0.3 is 12.0 Å². The molecule has 0 spiro atoms. The van der Waals surface area contributed by atoms with Gasteiger partial charge in [-0.15, -0.1) is 0 Å². The second-order valence-corrected chi connectivity index (χ2v) is 4.91. The van der Waals surface area contributed by atoms with E-state index in [9.17, 15) is 14.4 Å². The lowest BCUT2D eigenvalue weighted by molar-refractivity contribution is -0.130. The van der Waals surface area contributed by atoms with Crippen molar-refractivity contribution in [2.45, 2.75) is 19.9 Å². The van der Waals surface area contributed by atoms with Gasteiger partial charge in [0.15, 0.2) is 0 Å². The van der Waals surface area contributed by atoms with Gasteiger partial charge < -0.3 is 20.6 Å². The van der Waals surface area contributed by atoms with Gasteiger partial charge in [-0.25, -0.2) is 9.59 Å². The number of likely N-dealkylation sites (N-methyl/N-ethyl adjacent to an activating group) is 1. The van der Waals surface area contributed by atoms with Gasteiger partial charge in [0.1, 0.15) is 6.04 Å². The van der Waals surface area contributed by atoms with Crippen LogP contribution in [0.25, 0.3) is 0 Å². The van der Waals surface area contributed by atoms with Gasteiger partial charge in [0.05, 0.1) is 11.3 Å². The summed E-state index contributed by atoms with van der Waals surface area (Å²) in [6.45, 7) is 3.31. The molecule has 1 rings (SSSR count). The Morgan fingerprint density at radius 1 is 1.24 bits per heavy atom. The minimum Gasteiger partial charge on any atom is -0.478 e. The molecule has 0 saturated heterocycles. The van der Waals surface area contributed by atoms with Gasteiger partial charge in [-0.3, -0.25) is 4.79 Å². The summed E-state index contributed by atoms with van der Waals surface area (Å²) in [5.41, 5.74) is 0.946. The fourth-order valence-electron chi connectivity index (χ4n) is 1.75. The molecule has 114 valence electrons. The number of rotatable bonds is 4. The molecule has 1 aromatic carbocycles. The Bertz CT molecular complexity index is 569. The smallest absolute Gasteiger partial charge is 0.337 e. The van der Waals surface area contributed by atoms with E-state index < -0.39 is 18.0 Å². The van der Waals surface area contributed by atoms with Gasteiger partial charge in [0, 0.05) is 14.1 Å². The molecule has 1 aromatic rings. The second-order valence-electron chi connectivity index (χ2n) is 4.91. The summed E-state index contributed by atoms with van der Waals surface area (Å²) in [5, 5.41) is 14.0. The van der Waals surface area contributed by atoms with Crippen molar-refractivity contribution in [2.24, 2.45) is 0 Å². The zero-order chi connectivity index (χ0) is 16.2. The number of amides is 3. The minimum atomic E-state index is -1.13. The van der Waals surface area contributed by atoms with Crippen LogP contribution in [-0.4, -0.2) is 48.1 Å². The number of carboxylic acid groups (broad SMARTS) is 1. The van der Waals surface area contributed by atoms with Crippen molar-refractivity contribution in [1.29, 1.82) is 0 Å². The Balaban J connectivity index is 2.80. The van der Waals surface area contributed by atoms with Gasteiger partial charge in [-0.05, 0) is 26.0 Å².